The molecule has 2 aliphatic rings. The van der Waals surface area contributed by atoms with Crippen LogP contribution in [0.25, 0.3) is 5.69 Å². The third-order valence-electron chi connectivity index (χ3n) is 6.41. The van der Waals surface area contributed by atoms with E-state index in [1.807, 2.05) is 17.8 Å². The Balaban J connectivity index is 0.00000240. The molecular formula is C23H34IN5. The van der Waals surface area contributed by atoms with Gasteiger partial charge in [0.05, 0.1) is 11.4 Å². The zero-order valence-corrected chi connectivity index (χ0v) is 20.0. The molecule has 1 N–H and O–H groups in total. The predicted octanol–water partition coefficient (Wildman–Crippen LogP) is 4.43. The van der Waals surface area contributed by atoms with E-state index in [1.54, 1.807) is 0 Å². The van der Waals surface area contributed by atoms with Gasteiger partial charge in [0.2, 0.25) is 0 Å². The smallest absolute Gasteiger partial charge is 0.193 e. The van der Waals surface area contributed by atoms with E-state index < -0.39 is 0 Å². The van der Waals surface area contributed by atoms with Gasteiger partial charge in [-0.1, -0.05) is 31.0 Å². The zero-order chi connectivity index (χ0) is 19.3. The van der Waals surface area contributed by atoms with Gasteiger partial charge in [0.25, 0.3) is 0 Å². The van der Waals surface area contributed by atoms with Gasteiger partial charge in [-0.25, -0.2) is 4.68 Å². The van der Waals surface area contributed by atoms with E-state index in [2.05, 4.69) is 57.7 Å². The molecule has 2 unspecified atom stereocenters. The number of nitrogens with zero attached hydrogens (tertiary/aromatic N) is 4. The molecule has 5 nitrogen and oxygen atoms in total. The van der Waals surface area contributed by atoms with Crippen molar-refractivity contribution < 1.29 is 0 Å². The molecule has 29 heavy (non-hydrogen) atoms. The van der Waals surface area contributed by atoms with Crippen LogP contribution in [0.4, 0.5) is 0 Å². The fourth-order valence-electron chi connectivity index (χ4n) is 4.84. The van der Waals surface area contributed by atoms with Crippen LogP contribution in [0, 0.1) is 18.8 Å². The van der Waals surface area contributed by atoms with Crippen LogP contribution in [0.2, 0.25) is 0 Å². The standard InChI is InChI=1S/C23H33N5.HI/c1-18-19(17-28(26-18)22-12-4-3-5-13-22)11-8-14-25-23(24-2)27-15-20-9-6-7-10-21(20)16-27;/h3-5,12-13,17,20-21H,6-11,14-16H2,1-2H3,(H,24,25);1H. The summed E-state index contributed by atoms with van der Waals surface area (Å²) in [6, 6.07) is 10.3. The number of rotatable bonds is 5. The molecule has 1 aromatic carbocycles. The van der Waals surface area contributed by atoms with Crippen LogP contribution in [-0.2, 0) is 6.42 Å². The Morgan fingerprint density at radius 2 is 1.83 bits per heavy atom. The molecule has 6 heteroatoms. The lowest BCUT2D eigenvalue weighted by Crippen LogP contribution is -2.40. The molecule has 1 saturated carbocycles. The van der Waals surface area contributed by atoms with Crippen molar-refractivity contribution in [3.63, 3.8) is 0 Å². The Kier molecular flexibility index (Phi) is 7.98. The van der Waals surface area contributed by atoms with E-state index in [0.29, 0.717) is 0 Å². The van der Waals surface area contributed by atoms with Crippen LogP contribution in [-0.4, -0.2) is 47.3 Å². The highest BCUT2D eigenvalue weighted by atomic mass is 127. The van der Waals surface area contributed by atoms with Gasteiger partial charge in [-0.05, 0) is 62.1 Å². The molecule has 0 spiro atoms. The highest BCUT2D eigenvalue weighted by molar-refractivity contribution is 14.0. The summed E-state index contributed by atoms with van der Waals surface area (Å²) in [7, 11) is 1.92. The minimum Gasteiger partial charge on any atom is -0.356 e. The van der Waals surface area contributed by atoms with Gasteiger partial charge in [0, 0.05) is 32.9 Å². The number of nitrogens with one attached hydrogen (secondary N) is 1. The molecule has 0 radical (unpaired) electrons. The minimum absolute atomic E-state index is 0. The number of fused-ring (bicyclic) bond motifs is 1. The summed E-state index contributed by atoms with van der Waals surface area (Å²) < 4.78 is 1.99. The van der Waals surface area contributed by atoms with Crippen LogP contribution in [0.5, 0.6) is 0 Å². The molecule has 0 bridgehead atoms. The number of benzene rings is 1. The number of aliphatic imine (C=N–C) groups is 1. The lowest BCUT2D eigenvalue weighted by molar-refractivity contribution is 0.299. The monoisotopic (exact) mass is 507 g/mol. The SMILES string of the molecule is CN=C(NCCCc1cn(-c2ccccc2)nc1C)N1CC2CCCCC2C1.I. The maximum atomic E-state index is 4.68. The number of hydrogen-bond donors (Lipinski definition) is 1. The van der Waals surface area contributed by atoms with Gasteiger partial charge in [-0.15, -0.1) is 24.0 Å². The highest BCUT2D eigenvalue weighted by Crippen LogP contribution is 2.35. The Morgan fingerprint density at radius 3 is 2.48 bits per heavy atom. The van der Waals surface area contributed by atoms with Crippen LogP contribution in [0.15, 0.2) is 41.5 Å². The average Bonchev–Trinajstić information content (AvgIpc) is 3.32. The van der Waals surface area contributed by atoms with Crippen molar-refractivity contribution in [2.45, 2.75) is 45.4 Å². The molecule has 1 aliphatic heterocycles. The molecule has 2 aromatic rings. The topological polar surface area (TPSA) is 45.5 Å². The van der Waals surface area contributed by atoms with Gasteiger partial charge in [-0.3, -0.25) is 4.99 Å². The summed E-state index contributed by atoms with van der Waals surface area (Å²) >= 11 is 0. The van der Waals surface area contributed by atoms with E-state index in [0.717, 1.165) is 48.6 Å². The van der Waals surface area contributed by atoms with E-state index in [9.17, 15) is 0 Å². The van der Waals surface area contributed by atoms with E-state index in [1.165, 1.54) is 44.3 Å². The first kappa shape index (κ1) is 22.1. The number of aryl methyl sites for hydroxylation is 2. The van der Waals surface area contributed by atoms with Crippen LogP contribution >= 0.6 is 24.0 Å². The van der Waals surface area contributed by atoms with Crippen molar-refractivity contribution in [3.05, 3.63) is 47.8 Å². The molecular weight excluding hydrogens is 473 g/mol. The van der Waals surface area contributed by atoms with E-state index in [4.69, 9.17) is 0 Å². The molecule has 2 heterocycles. The Labute approximate surface area is 192 Å². The van der Waals surface area contributed by atoms with Crippen molar-refractivity contribution in [1.82, 2.24) is 20.0 Å². The number of hydrogen-bond acceptors (Lipinski definition) is 2. The third kappa shape index (κ3) is 5.32. The third-order valence-corrected chi connectivity index (χ3v) is 6.41. The van der Waals surface area contributed by atoms with Gasteiger partial charge >= 0.3 is 0 Å². The quantitative estimate of drug-likeness (QED) is 0.282. The summed E-state index contributed by atoms with van der Waals surface area (Å²) in [5, 5.41) is 8.28. The molecule has 4 rings (SSSR count). The highest BCUT2D eigenvalue weighted by Gasteiger charge is 2.35. The normalized spacial score (nSPS) is 21.6. The molecule has 0 amide bonds. The number of halogens is 1. The zero-order valence-electron chi connectivity index (χ0n) is 17.7. The number of likely N-dealkylation sites (tertiary alicyclic amines) is 1. The summed E-state index contributed by atoms with van der Waals surface area (Å²) in [4.78, 5) is 7.03. The second kappa shape index (κ2) is 10.5. The van der Waals surface area contributed by atoms with Crippen molar-refractivity contribution in [2.75, 3.05) is 26.7 Å². The minimum atomic E-state index is 0. The molecule has 2 atom stereocenters. The average molecular weight is 507 g/mol. The molecule has 2 fully saturated rings. The second-order valence-corrected chi connectivity index (χ2v) is 8.31. The first-order valence-corrected chi connectivity index (χ1v) is 10.8. The number of aromatic nitrogens is 2. The van der Waals surface area contributed by atoms with E-state index in [-0.39, 0.29) is 24.0 Å². The molecule has 158 valence electrons. The van der Waals surface area contributed by atoms with Crippen molar-refractivity contribution in [3.8, 4) is 5.69 Å². The van der Waals surface area contributed by atoms with Crippen LogP contribution < -0.4 is 5.32 Å². The summed E-state index contributed by atoms with van der Waals surface area (Å²) in [5.41, 5.74) is 3.57. The summed E-state index contributed by atoms with van der Waals surface area (Å²) in [5.74, 6) is 2.86. The van der Waals surface area contributed by atoms with Gasteiger partial charge in [0.15, 0.2) is 5.96 Å². The Morgan fingerprint density at radius 1 is 1.14 bits per heavy atom. The number of guanidine groups is 1. The van der Waals surface area contributed by atoms with Crippen LogP contribution in [0.3, 0.4) is 0 Å². The van der Waals surface area contributed by atoms with E-state index >= 15 is 0 Å². The molecule has 1 aromatic heterocycles. The van der Waals surface area contributed by atoms with Crippen LogP contribution in [0.1, 0.15) is 43.4 Å². The fourth-order valence-corrected chi connectivity index (χ4v) is 4.84. The van der Waals surface area contributed by atoms with Gasteiger partial charge < -0.3 is 10.2 Å². The Hall–Kier alpha value is -1.57. The fraction of sp³-hybridized carbons (Fsp3) is 0.565. The first-order chi connectivity index (χ1) is 13.7. The molecule has 1 aliphatic carbocycles. The lowest BCUT2D eigenvalue weighted by Gasteiger charge is -2.22. The van der Waals surface area contributed by atoms with Gasteiger partial charge in [0.1, 0.15) is 0 Å². The largest absolute Gasteiger partial charge is 0.356 e. The molecule has 1 saturated heterocycles. The predicted molar refractivity (Wildman–Crippen MR) is 130 cm³/mol. The first-order valence-electron chi connectivity index (χ1n) is 10.8. The summed E-state index contributed by atoms with van der Waals surface area (Å²) in [6.45, 7) is 5.43. The maximum Gasteiger partial charge on any atom is 0.193 e. The lowest BCUT2D eigenvalue weighted by atomic mass is 9.82. The van der Waals surface area contributed by atoms with Crippen molar-refractivity contribution in [1.29, 1.82) is 0 Å². The number of para-hydroxylation sites is 1. The maximum absolute atomic E-state index is 4.68. The second-order valence-electron chi connectivity index (χ2n) is 8.31. The summed E-state index contributed by atoms with van der Waals surface area (Å²) in [6.07, 6.45) is 9.93. The van der Waals surface area contributed by atoms with Crippen molar-refractivity contribution in [2.24, 2.45) is 16.8 Å². The Bertz CT molecular complexity index is 787. The van der Waals surface area contributed by atoms with Gasteiger partial charge in [-0.2, -0.15) is 5.10 Å². The van der Waals surface area contributed by atoms with Crippen molar-refractivity contribution >= 4 is 29.9 Å².